The summed E-state index contributed by atoms with van der Waals surface area (Å²) in [6, 6.07) is 10.3. The first-order valence-corrected chi connectivity index (χ1v) is 15.2. The number of unbranched alkanes of at least 4 members (excludes halogenated alkanes) is 9. The standard InChI is InChI=1S/C29H52O3S/c1-4-29(32-25-28-20-15-13-16-21-28)26-31-22-18-24-33(30)23-17-12-10-8-6-5-7-9-11-14-19-27(2)3/h13,15-16,20-21,27,29H,4-12,14,17-19,22-26H2,1-3H3. The molecule has 3 nitrogen and oxygen atoms in total. The van der Waals surface area contributed by atoms with Crippen LogP contribution >= 0.6 is 0 Å². The minimum Gasteiger partial charge on any atom is -0.379 e. The van der Waals surface area contributed by atoms with Crippen LogP contribution in [-0.4, -0.2) is 35.0 Å². The first-order valence-electron chi connectivity index (χ1n) is 13.7. The Morgan fingerprint density at radius 2 is 1.36 bits per heavy atom. The van der Waals surface area contributed by atoms with Gasteiger partial charge < -0.3 is 9.47 Å². The van der Waals surface area contributed by atoms with Gasteiger partial charge in [-0.3, -0.25) is 4.21 Å². The van der Waals surface area contributed by atoms with Gasteiger partial charge in [-0.2, -0.15) is 0 Å². The topological polar surface area (TPSA) is 35.5 Å². The van der Waals surface area contributed by atoms with Gasteiger partial charge in [0.15, 0.2) is 0 Å². The molecule has 2 atom stereocenters. The van der Waals surface area contributed by atoms with Crippen molar-refractivity contribution in [3.63, 3.8) is 0 Å². The van der Waals surface area contributed by atoms with Crippen molar-refractivity contribution in [1.29, 1.82) is 0 Å². The summed E-state index contributed by atoms with van der Waals surface area (Å²) in [4.78, 5) is 0. The van der Waals surface area contributed by atoms with E-state index in [1.165, 1.54) is 69.8 Å². The highest BCUT2D eigenvalue weighted by Gasteiger charge is 2.08. The van der Waals surface area contributed by atoms with E-state index >= 15 is 0 Å². The lowest BCUT2D eigenvalue weighted by Crippen LogP contribution is -2.19. The van der Waals surface area contributed by atoms with Gasteiger partial charge in [0.25, 0.3) is 0 Å². The zero-order chi connectivity index (χ0) is 24.0. The summed E-state index contributed by atoms with van der Waals surface area (Å²) in [5.74, 6) is 2.48. The van der Waals surface area contributed by atoms with Crippen molar-refractivity contribution in [2.24, 2.45) is 5.92 Å². The second-order valence-electron chi connectivity index (χ2n) is 9.82. The minimum atomic E-state index is -0.693. The fourth-order valence-electron chi connectivity index (χ4n) is 3.94. The first-order chi connectivity index (χ1) is 16.1. The van der Waals surface area contributed by atoms with Crippen molar-refractivity contribution in [3.05, 3.63) is 35.9 Å². The molecule has 1 rings (SSSR count). The van der Waals surface area contributed by atoms with E-state index in [4.69, 9.17) is 9.47 Å². The number of hydrogen-bond donors (Lipinski definition) is 0. The van der Waals surface area contributed by atoms with Crippen molar-refractivity contribution in [1.82, 2.24) is 0 Å². The van der Waals surface area contributed by atoms with E-state index in [9.17, 15) is 4.21 Å². The third-order valence-electron chi connectivity index (χ3n) is 6.15. The van der Waals surface area contributed by atoms with Crippen molar-refractivity contribution >= 4 is 10.8 Å². The molecule has 2 unspecified atom stereocenters. The second-order valence-corrected chi connectivity index (χ2v) is 11.5. The summed E-state index contributed by atoms with van der Waals surface area (Å²) >= 11 is 0. The van der Waals surface area contributed by atoms with Crippen LogP contribution in [0.15, 0.2) is 30.3 Å². The van der Waals surface area contributed by atoms with Crippen molar-refractivity contribution in [2.45, 2.75) is 117 Å². The largest absolute Gasteiger partial charge is 0.379 e. The van der Waals surface area contributed by atoms with Crippen LogP contribution in [-0.2, 0) is 26.9 Å². The molecule has 33 heavy (non-hydrogen) atoms. The smallest absolute Gasteiger partial charge is 0.0810 e. The number of hydrogen-bond acceptors (Lipinski definition) is 3. The summed E-state index contributed by atoms with van der Waals surface area (Å²) in [5.41, 5.74) is 1.19. The van der Waals surface area contributed by atoms with Crippen LogP contribution in [0.25, 0.3) is 0 Å². The molecule has 0 N–H and O–H groups in total. The molecule has 1 aromatic carbocycles. The Morgan fingerprint density at radius 3 is 1.97 bits per heavy atom. The Labute approximate surface area is 207 Å². The fourth-order valence-corrected chi connectivity index (χ4v) is 5.11. The zero-order valence-electron chi connectivity index (χ0n) is 21.9. The monoisotopic (exact) mass is 480 g/mol. The van der Waals surface area contributed by atoms with E-state index in [1.807, 2.05) is 18.2 Å². The Bertz CT molecular complexity index is 561. The average Bonchev–Trinajstić information content (AvgIpc) is 2.82. The van der Waals surface area contributed by atoms with Gasteiger partial charge >= 0.3 is 0 Å². The highest BCUT2D eigenvalue weighted by atomic mass is 32.2. The zero-order valence-corrected chi connectivity index (χ0v) is 22.7. The van der Waals surface area contributed by atoms with Crippen molar-refractivity contribution < 1.29 is 13.7 Å². The van der Waals surface area contributed by atoms with Gasteiger partial charge in [-0.05, 0) is 30.7 Å². The Hall–Kier alpha value is -0.710. The van der Waals surface area contributed by atoms with Crippen molar-refractivity contribution in [3.8, 4) is 0 Å². The Balaban J connectivity index is 1.86. The molecule has 0 bridgehead atoms. The van der Waals surface area contributed by atoms with E-state index in [0.29, 0.717) is 19.8 Å². The fraction of sp³-hybridized carbons (Fsp3) is 0.793. The van der Waals surface area contributed by atoms with E-state index in [2.05, 4.69) is 32.9 Å². The normalized spacial score (nSPS) is 13.5. The van der Waals surface area contributed by atoms with E-state index < -0.39 is 10.8 Å². The molecular formula is C29H52O3S. The molecule has 0 saturated heterocycles. The third-order valence-corrected chi connectivity index (χ3v) is 7.64. The summed E-state index contributed by atoms with van der Waals surface area (Å²) in [7, 11) is -0.693. The second kappa shape index (κ2) is 21.8. The van der Waals surface area contributed by atoms with E-state index in [0.717, 1.165) is 36.7 Å². The predicted octanol–water partition coefficient (Wildman–Crippen LogP) is 8.08. The average molecular weight is 481 g/mol. The number of rotatable bonds is 23. The van der Waals surface area contributed by atoms with E-state index in [1.54, 1.807) is 0 Å². The van der Waals surface area contributed by atoms with Gasteiger partial charge in [0.1, 0.15) is 0 Å². The predicted molar refractivity (Wildman–Crippen MR) is 144 cm³/mol. The summed E-state index contributed by atoms with van der Waals surface area (Å²) in [5, 5.41) is 0. The molecule has 0 aliphatic rings. The molecule has 0 aromatic heterocycles. The lowest BCUT2D eigenvalue weighted by atomic mass is 10.0. The lowest BCUT2D eigenvalue weighted by Gasteiger charge is -2.16. The van der Waals surface area contributed by atoms with Crippen LogP contribution in [0.5, 0.6) is 0 Å². The van der Waals surface area contributed by atoms with Gasteiger partial charge in [0.05, 0.1) is 19.3 Å². The Morgan fingerprint density at radius 1 is 0.788 bits per heavy atom. The van der Waals surface area contributed by atoms with Crippen LogP contribution in [0.4, 0.5) is 0 Å². The molecule has 0 spiro atoms. The maximum absolute atomic E-state index is 12.2. The maximum atomic E-state index is 12.2. The summed E-state index contributed by atoms with van der Waals surface area (Å²) < 4.78 is 23.9. The van der Waals surface area contributed by atoms with Crippen LogP contribution in [0.1, 0.15) is 110 Å². The molecule has 0 aliphatic heterocycles. The van der Waals surface area contributed by atoms with Gasteiger partial charge in [0.2, 0.25) is 0 Å². The molecular weight excluding hydrogens is 428 g/mol. The molecule has 4 heteroatoms. The number of benzene rings is 1. The van der Waals surface area contributed by atoms with Crippen LogP contribution in [0.2, 0.25) is 0 Å². The molecule has 0 saturated carbocycles. The highest BCUT2D eigenvalue weighted by molar-refractivity contribution is 7.84. The molecule has 0 amide bonds. The minimum absolute atomic E-state index is 0.126. The van der Waals surface area contributed by atoms with Gasteiger partial charge in [0, 0.05) is 28.9 Å². The molecule has 0 radical (unpaired) electrons. The highest BCUT2D eigenvalue weighted by Crippen LogP contribution is 2.13. The molecule has 0 fully saturated rings. The summed E-state index contributed by atoms with van der Waals surface area (Å²) in [6.07, 6.45) is 16.7. The summed E-state index contributed by atoms with van der Waals surface area (Å²) in [6.45, 7) is 8.69. The molecule has 0 heterocycles. The van der Waals surface area contributed by atoms with Gasteiger partial charge in [-0.15, -0.1) is 0 Å². The molecule has 192 valence electrons. The maximum Gasteiger partial charge on any atom is 0.0810 e. The van der Waals surface area contributed by atoms with Crippen molar-refractivity contribution in [2.75, 3.05) is 24.7 Å². The van der Waals surface area contributed by atoms with Crippen LogP contribution < -0.4 is 0 Å². The number of ether oxygens (including phenoxy) is 2. The third kappa shape index (κ3) is 19.3. The molecule has 1 aromatic rings. The Kier molecular flexibility index (Phi) is 20.0. The van der Waals surface area contributed by atoms with Crippen LogP contribution in [0.3, 0.4) is 0 Å². The van der Waals surface area contributed by atoms with Gasteiger partial charge in [-0.1, -0.05) is 115 Å². The molecule has 0 aliphatic carbocycles. The SMILES string of the molecule is CCC(COCCCS(=O)CCCCCCCCCCCCC(C)C)OCc1ccccc1. The first kappa shape index (κ1) is 30.3. The van der Waals surface area contributed by atoms with E-state index in [-0.39, 0.29) is 6.10 Å². The quantitative estimate of drug-likeness (QED) is 0.148. The van der Waals surface area contributed by atoms with Crippen LogP contribution in [0, 0.1) is 5.92 Å². The lowest BCUT2D eigenvalue weighted by molar-refractivity contribution is -0.0259. The van der Waals surface area contributed by atoms with Gasteiger partial charge in [-0.25, -0.2) is 0 Å².